The molecule has 1 N–H and O–H groups in total. The van der Waals surface area contributed by atoms with Crippen molar-refractivity contribution < 1.29 is 14.3 Å². The molecular formula is C15H13BrN2O3. The van der Waals surface area contributed by atoms with E-state index in [1.165, 1.54) is 0 Å². The van der Waals surface area contributed by atoms with Crippen molar-refractivity contribution >= 4 is 21.8 Å². The molecule has 0 spiro atoms. The number of carbonyl (C=O) groups excluding carboxylic acids is 1. The van der Waals surface area contributed by atoms with Crippen LogP contribution in [0.2, 0.25) is 0 Å². The Labute approximate surface area is 130 Å². The highest BCUT2D eigenvalue weighted by Gasteiger charge is 2.21. The van der Waals surface area contributed by atoms with Gasteiger partial charge < -0.3 is 14.8 Å². The molecule has 1 aromatic heterocycles. The van der Waals surface area contributed by atoms with Crippen molar-refractivity contribution in [2.24, 2.45) is 0 Å². The Balaban J connectivity index is 1.59. The van der Waals surface area contributed by atoms with Gasteiger partial charge >= 0.3 is 0 Å². The van der Waals surface area contributed by atoms with Gasteiger partial charge in [0, 0.05) is 16.9 Å². The van der Waals surface area contributed by atoms with Crippen LogP contribution in [0.15, 0.2) is 47.2 Å². The van der Waals surface area contributed by atoms with Crippen LogP contribution in [0, 0.1) is 0 Å². The van der Waals surface area contributed by atoms with Crippen molar-refractivity contribution in [1.82, 2.24) is 10.3 Å². The molecule has 0 saturated heterocycles. The van der Waals surface area contributed by atoms with E-state index in [4.69, 9.17) is 9.47 Å². The normalized spacial score (nSPS) is 16.3. The van der Waals surface area contributed by atoms with E-state index in [-0.39, 0.29) is 12.0 Å². The second-order valence-electron chi connectivity index (χ2n) is 4.56. The highest BCUT2D eigenvalue weighted by molar-refractivity contribution is 9.10. The Morgan fingerprint density at radius 1 is 1.33 bits per heavy atom. The van der Waals surface area contributed by atoms with Gasteiger partial charge in [0.15, 0.2) is 11.5 Å². The lowest BCUT2D eigenvalue weighted by molar-refractivity contribution is 0.0788. The number of hydrogen-bond acceptors (Lipinski definition) is 4. The fourth-order valence-corrected chi connectivity index (χ4v) is 2.46. The SMILES string of the molecule is O=C(NC[C@H]1COc2ccccc2O1)c1ccncc1Br. The Morgan fingerprint density at radius 3 is 2.95 bits per heavy atom. The standard InChI is InChI=1S/C15H13BrN2O3/c16-12-8-17-6-5-11(12)15(19)18-7-10-9-20-13-3-1-2-4-14(13)21-10/h1-6,8,10H,7,9H2,(H,18,19)/t10-/m0/s1. The first-order valence-corrected chi connectivity index (χ1v) is 7.29. The van der Waals surface area contributed by atoms with Crippen LogP contribution in [0.1, 0.15) is 10.4 Å². The number of ether oxygens (including phenoxy) is 2. The fourth-order valence-electron chi connectivity index (χ4n) is 2.02. The Hall–Kier alpha value is -2.08. The van der Waals surface area contributed by atoms with Gasteiger partial charge in [0.05, 0.1) is 12.1 Å². The van der Waals surface area contributed by atoms with Gasteiger partial charge in [-0.2, -0.15) is 0 Å². The van der Waals surface area contributed by atoms with E-state index in [0.717, 1.165) is 5.75 Å². The van der Waals surface area contributed by atoms with Crippen LogP contribution < -0.4 is 14.8 Å². The third-order valence-electron chi connectivity index (χ3n) is 3.07. The summed E-state index contributed by atoms with van der Waals surface area (Å²) in [5.41, 5.74) is 0.544. The van der Waals surface area contributed by atoms with Crippen molar-refractivity contribution in [1.29, 1.82) is 0 Å². The summed E-state index contributed by atoms with van der Waals surface area (Å²) >= 11 is 3.30. The zero-order chi connectivity index (χ0) is 14.7. The Bertz CT molecular complexity index is 663. The molecule has 6 heteroatoms. The van der Waals surface area contributed by atoms with Crippen LogP contribution in [-0.2, 0) is 0 Å². The molecule has 1 amide bonds. The summed E-state index contributed by atoms with van der Waals surface area (Å²) in [5.74, 6) is 1.26. The number of halogens is 1. The predicted molar refractivity (Wildman–Crippen MR) is 80.6 cm³/mol. The van der Waals surface area contributed by atoms with Crippen LogP contribution in [0.25, 0.3) is 0 Å². The average Bonchev–Trinajstić information content (AvgIpc) is 2.53. The Morgan fingerprint density at radius 2 is 2.14 bits per heavy atom. The van der Waals surface area contributed by atoms with Crippen molar-refractivity contribution in [3.63, 3.8) is 0 Å². The van der Waals surface area contributed by atoms with Crippen LogP contribution in [0.3, 0.4) is 0 Å². The number of amides is 1. The number of rotatable bonds is 3. The highest BCUT2D eigenvalue weighted by Crippen LogP contribution is 2.30. The highest BCUT2D eigenvalue weighted by atomic mass is 79.9. The van der Waals surface area contributed by atoms with Gasteiger partial charge in [0.25, 0.3) is 5.91 Å². The second-order valence-corrected chi connectivity index (χ2v) is 5.42. The quantitative estimate of drug-likeness (QED) is 0.925. The van der Waals surface area contributed by atoms with E-state index in [1.54, 1.807) is 18.5 Å². The zero-order valence-corrected chi connectivity index (χ0v) is 12.7. The second kappa shape index (κ2) is 6.13. The fraction of sp³-hybridized carbons (Fsp3) is 0.200. The molecule has 1 aromatic carbocycles. The summed E-state index contributed by atoms with van der Waals surface area (Å²) in [6, 6.07) is 9.15. The van der Waals surface area contributed by atoms with Gasteiger partial charge in [0.2, 0.25) is 0 Å². The lowest BCUT2D eigenvalue weighted by Crippen LogP contribution is -2.40. The maximum atomic E-state index is 12.1. The third kappa shape index (κ3) is 3.16. The molecule has 1 aliphatic heterocycles. The summed E-state index contributed by atoms with van der Waals surface area (Å²) in [6.07, 6.45) is 2.96. The number of pyridine rings is 1. The van der Waals surface area contributed by atoms with Gasteiger partial charge in [-0.3, -0.25) is 9.78 Å². The van der Waals surface area contributed by atoms with Gasteiger partial charge in [-0.15, -0.1) is 0 Å². The number of nitrogens with zero attached hydrogens (tertiary/aromatic N) is 1. The first-order chi connectivity index (χ1) is 10.2. The van der Waals surface area contributed by atoms with Crippen LogP contribution in [0.4, 0.5) is 0 Å². The number of fused-ring (bicyclic) bond motifs is 1. The maximum Gasteiger partial charge on any atom is 0.252 e. The minimum Gasteiger partial charge on any atom is -0.486 e. The molecule has 3 rings (SSSR count). The molecule has 1 aliphatic rings. The number of aromatic nitrogens is 1. The molecule has 0 unspecified atom stereocenters. The molecule has 108 valence electrons. The lowest BCUT2D eigenvalue weighted by atomic mass is 10.2. The van der Waals surface area contributed by atoms with Crippen molar-refractivity contribution in [3.05, 3.63) is 52.8 Å². The monoisotopic (exact) mass is 348 g/mol. The largest absolute Gasteiger partial charge is 0.486 e. The molecule has 0 aliphatic carbocycles. The number of nitrogens with one attached hydrogen (secondary N) is 1. The molecule has 0 saturated carbocycles. The van der Waals surface area contributed by atoms with Gasteiger partial charge in [0.1, 0.15) is 12.7 Å². The molecule has 1 atom stereocenters. The molecule has 0 fully saturated rings. The summed E-state index contributed by atoms with van der Waals surface area (Å²) < 4.78 is 12.0. The molecule has 0 radical (unpaired) electrons. The topological polar surface area (TPSA) is 60.5 Å². The van der Waals surface area contributed by atoms with E-state index < -0.39 is 0 Å². The number of benzene rings is 1. The van der Waals surface area contributed by atoms with Crippen molar-refractivity contribution in [2.45, 2.75) is 6.10 Å². The Kier molecular flexibility index (Phi) is 4.06. The lowest BCUT2D eigenvalue weighted by Gasteiger charge is -2.26. The summed E-state index contributed by atoms with van der Waals surface area (Å²) in [6.45, 7) is 0.788. The van der Waals surface area contributed by atoms with E-state index in [1.807, 2.05) is 24.3 Å². The third-order valence-corrected chi connectivity index (χ3v) is 3.71. The molecule has 21 heavy (non-hydrogen) atoms. The van der Waals surface area contributed by atoms with Crippen LogP contribution in [0.5, 0.6) is 11.5 Å². The van der Waals surface area contributed by atoms with Gasteiger partial charge in [-0.1, -0.05) is 12.1 Å². The first kappa shape index (κ1) is 13.9. The number of carbonyl (C=O) groups is 1. The van der Waals surface area contributed by atoms with E-state index in [0.29, 0.717) is 28.9 Å². The molecule has 5 nitrogen and oxygen atoms in total. The van der Waals surface area contributed by atoms with Crippen molar-refractivity contribution in [3.8, 4) is 11.5 Å². The smallest absolute Gasteiger partial charge is 0.252 e. The zero-order valence-electron chi connectivity index (χ0n) is 11.1. The summed E-state index contributed by atoms with van der Waals surface area (Å²) in [7, 11) is 0. The van der Waals surface area contributed by atoms with Crippen LogP contribution in [-0.4, -0.2) is 30.1 Å². The number of hydrogen-bond donors (Lipinski definition) is 1. The molecule has 2 heterocycles. The molecule has 0 bridgehead atoms. The van der Waals surface area contributed by atoms with E-state index in [9.17, 15) is 4.79 Å². The van der Waals surface area contributed by atoms with Crippen LogP contribution >= 0.6 is 15.9 Å². The average molecular weight is 349 g/mol. The number of para-hydroxylation sites is 2. The maximum absolute atomic E-state index is 12.1. The molecular weight excluding hydrogens is 336 g/mol. The molecule has 2 aromatic rings. The van der Waals surface area contributed by atoms with E-state index >= 15 is 0 Å². The minimum atomic E-state index is -0.204. The minimum absolute atomic E-state index is 0.174. The van der Waals surface area contributed by atoms with Gasteiger partial charge in [-0.25, -0.2) is 0 Å². The van der Waals surface area contributed by atoms with Gasteiger partial charge in [-0.05, 0) is 34.1 Å². The summed E-state index contributed by atoms with van der Waals surface area (Å²) in [4.78, 5) is 16.0. The predicted octanol–water partition coefficient (Wildman–Crippen LogP) is 2.41. The van der Waals surface area contributed by atoms with Crippen molar-refractivity contribution in [2.75, 3.05) is 13.2 Å². The summed E-state index contributed by atoms with van der Waals surface area (Å²) in [5, 5.41) is 2.84. The first-order valence-electron chi connectivity index (χ1n) is 6.50. The van der Waals surface area contributed by atoms with E-state index in [2.05, 4.69) is 26.2 Å².